The topological polar surface area (TPSA) is 38.3 Å². The van der Waals surface area contributed by atoms with Crippen molar-refractivity contribution in [3.05, 3.63) is 42.0 Å². The molecule has 1 atom stereocenters. The molecule has 21 heavy (non-hydrogen) atoms. The van der Waals surface area contributed by atoms with E-state index in [2.05, 4.69) is 24.4 Å². The summed E-state index contributed by atoms with van der Waals surface area (Å²) in [6.07, 6.45) is 9.30. The van der Waals surface area contributed by atoms with Gasteiger partial charge in [0.25, 0.3) is 0 Å². The molecule has 0 saturated heterocycles. The molecule has 0 saturated carbocycles. The monoisotopic (exact) mass is 287 g/mol. The van der Waals surface area contributed by atoms with E-state index in [1.807, 2.05) is 24.3 Å². The summed E-state index contributed by atoms with van der Waals surface area (Å²) in [4.78, 5) is 12.1. The highest BCUT2D eigenvalue weighted by Gasteiger charge is 2.17. The molecular weight excluding hydrogens is 262 g/mol. The van der Waals surface area contributed by atoms with Crippen LogP contribution in [0.2, 0.25) is 0 Å². The van der Waals surface area contributed by atoms with Gasteiger partial charge in [-0.15, -0.1) is 0 Å². The van der Waals surface area contributed by atoms with Crippen LogP contribution in [0.15, 0.2) is 36.4 Å². The molecule has 0 unspecified atom stereocenters. The minimum atomic E-state index is 0.138. The molecule has 1 aliphatic rings. The van der Waals surface area contributed by atoms with Crippen molar-refractivity contribution in [2.75, 3.05) is 6.61 Å². The lowest BCUT2D eigenvalue weighted by Gasteiger charge is -2.17. The lowest BCUT2D eigenvalue weighted by Crippen LogP contribution is -2.30. The third kappa shape index (κ3) is 5.25. The number of benzene rings is 1. The maximum atomic E-state index is 12.1. The second-order valence-electron chi connectivity index (χ2n) is 5.55. The normalized spacial score (nSPS) is 17.5. The highest BCUT2D eigenvalue weighted by Crippen LogP contribution is 2.18. The lowest BCUT2D eigenvalue weighted by molar-refractivity contribution is -0.125. The molecule has 114 valence electrons. The van der Waals surface area contributed by atoms with Crippen molar-refractivity contribution in [1.29, 1.82) is 0 Å². The third-order valence-electron chi connectivity index (χ3n) is 3.77. The largest absolute Gasteiger partial charge is 0.494 e. The van der Waals surface area contributed by atoms with Gasteiger partial charge in [0.15, 0.2) is 0 Å². The van der Waals surface area contributed by atoms with Crippen LogP contribution in [-0.2, 0) is 11.3 Å². The number of unbranched alkanes of at least 4 members (excludes halogenated alkanes) is 1. The first kappa shape index (κ1) is 15.6. The third-order valence-corrected chi connectivity index (χ3v) is 3.77. The van der Waals surface area contributed by atoms with E-state index in [-0.39, 0.29) is 11.8 Å². The Labute approximate surface area is 127 Å². The second kappa shape index (κ2) is 8.50. The van der Waals surface area contributed by atoms with E-state index in [1.165, 1.54) is 0 Å². The van der Waals surface area contributed by atoms with Crippen molar-refractivity contribution >= 4 is 5.91 Å². The first-order valence-electron chi connectivity index (χ1n) is 7.94. The smallest absolute Gasteiger partial charge is 0.223 e. The molecule has 1 amide bonds. The van der Waals surface area contributed by atoms with Gasteiger partial charge < -0.3 is 10.1 Å². The van der Waals surface area contributed by atoms with Gasteiger partial charge in [0, 0.05) is 12.5 Å². The van der Waals surface area contributed by atoms with Crippen LogP contribution < -0.4 is 10.1 Å². The standard InChI is InChI=1S/C18H25NO2/c1-2-3-12-21-17-11-7-8-15(13-17)14-19-18(20)16-9-5-4-6-10-16/h4-5,7-8,11,13,16H,2-3,6,9-10,12,14H2,1H3,(H,19,20)/t16-/m0/s1. The predicted octanol–water partition coefficient (Wildman–Crippen LogP) is 3.84. The number of rotatable bonds is 7. The Balaban J connectivity index is 1.80. The van der Waals surface area contributed by atoms with E-state index < -0.39 is 0 Å². The number of allylic oxidation sites excluding steroid dienone is 2. The van der Waals surface area contributed by atoms with Gasteiger partial charge in [0.2, 0.25) is 5.91 Å². The van der Waals surface area contributed by atoms with Gasteiger partial charge in [-0.2, -0.15) is 0 Å². The van der Waals surface area contributed by atoms with Crippen molar-refractivity contribution in [3.63, 3.8) is 0 Å². The first-order valence-corrected chi connectivity index (χ1v) is 7.94. The van der Waals surface area contributed by atoms with Crippen molar-refractivity contribution in [3.8, 4) is 5.75 Å². The van der Waals surface area contributed by atoms with Crippen molar-refractivity contribution < 1.29 is 9.53 Å². The number of carbonyl (C=O) groups is 1. The fourth-order valence-corrected chi connectivity index (χ4v) is 2.44. The predicted molar refractivity (Wildman–Crippen MR) is 85.2 cm³/mol. The number of amides is 1. The number of hydrogen-bond acceptors (Lipinski definition) is 2. The highest BCUT2D eigenvalue weighted by molar-refractivity contribution is 5.78. The summed E-state index contributed by atoms with van der Waals surface area (Å²) in [5.74, 6) is 1.19. The molecule has 0 heterocycles. The molecule has 0 spiro atoms. The molecule has 0 bridgehead atoms. The van der Waals surface area contributed by atoms with Crippen LogP contribution in [0.5, 0.6) is 5.75 Å². The van der Waals surface area contributed by atoms with Crippen molar-refractivity contribution in [2.45, 2.75) is 45.6 Å². The molecular formula is C18H25NO2. The van der Waals surface area contributed by atoms with Crippen LogP contribution in [0.25, 0.3) is 0 Å². The van der Waals surface area contributed by atoms with Gasteiger partial charge in [0.1, 0.15) is 5.75 Å². The zero-order valence-electron chi connectivity index (χ0n) is 12.8. The Hall–Kier alpha value is -1.77. The lowest BCUT2D eigenvalue weighted by atomic mass is 9.93. The minimum absolute atomic E-state index is 0.138. The summed E-state index contributed by atoms with van der Waals surface area (Å²) in [6, 6.07) is 7.98. The Morgan fingerprint density at radius 3 is 3.05 bits per heavy atom. The Kier molecular flexibility index (Phi) is 6.32. The van der Waals surface area contributed by atoms with Crippen molar-refractivity contribution in [2.24, 2.45) is 5.92 Å². The summed E-state index contributed by atoms with van der Waals surface area (Å²) in [5, 5.41) is 3.03. The first-order chi connectivity index (χ1) is 10.3. The molecule has 1 N–H and O–H groups in total. The van der Waals surface area contributed by atoms with Gasteiger partial charge >= 0.3 is 0 Å². The molecule has 0 aliphatic heterocycles. The van der Waals surface area contributed by atoms with E-state index in [0.29, 0.717) is 6.54 Å². The van der Waals surface area contributed by atoms with Crippen LogP contribution in [0.4, 0.5) is 0 Å². The van der Waals surface area contributed by atoms with Crippen LogP contribution >= 0.6 is 0 Å². The fraction of sp³-hybridized carbons (Fsp3) is 0.500. The van der Waals surface area contributed by atoms with Gasteiger partial charge in [-0.3, -0.25) is 4.79 Å². The molecule has 1 aliphatic carbocycles. The zero-order chi connectivity index (χ0) is 14.9. The average Bonchev–Trinajstić information content (AvgIpc) is 2.54. The SMILES string of the molecule is CCCCOc1cccc(CNC(=O)[C@H]2CC=CCC2)c1. The Morgan fingerprint density at radius 1 is 1.38 bits per heavy atom. The van der Waals surface area contributed by atoms with Crippen LogP contribution in [0.3, 0.4) is 0 Å². The molecule has 1 aromatic rings. The van der Waals surface area contributed by atoms with Crippen LogP contribution in [-0.4, -0.2) is 12.5 Å². The van der Waals surface area contributed by atoms with Gasteiger partial charge in [-0.05, 0) is 43.4 Å². The maximum absolute atomic E-state index is 12.1. The summed E-state index contributed by atoms with van der Waals surface area (Å²) < 4.78 is 5.69. The minimum Gasteiger partial charge on any atom is -0.494 e. The average molecular weight is 287 g/mol. The Morgan fingerprint density at radius 2 is 2.29 bits per heavy atom. The fourth-order valence-electron chi connectivity index (χ4n) is 2.44. The van der Waals surface area contributed by atoms with Gasteiger partial charge in [0.05, 0.1) is 6.61 Å². The highest BCUT2D eigenvalue weighted by atomic mass is 16.5. The van der Waals surface area contributed by atoms with E-state index in [1.54, 1.807) is 0 Å². The van der Waals surface area contributed by atoms with Crippen LogP contribution in [0, 0.1) is 5.92 Å². The molecule has 1 aromatic carbocycles. The molecule has 2 rings (SSSR count). The number of carbonyl (C=O) groups excluding carboxylic acids is 1. The van der Waals surface area contributed by atoms with E-state index in [0.717, 1.165) is 50.0 Å². The number of ether oxygens (including phenoxy) is 1. The molecule has 0 radical (unpaired) electrons. The van der Waals surface area contributed by atoms with Gasteiger partial charge in [-0.25, -0.2) is 0 Å². The Bertz CT molecular complexity index is 482. The molecule has 0 aromatic heterocycles. The molecule has 3 nitrogen and oxygen atoms in total. The summed E-state index contributed by atoms with van der Waals surface area (Å²) in [6.45, 7) is 3.47. The quantitative estimate of drug-likeness (QED) is 0.611. The summed E-state index contributed by atoms with van der Waals surface area (Å²) in [7, 11) is 0. The summed E-state index contributed by atoms with van der Waals surface area (Å²) in [5.41, 5.74) is 1.09. The number of nitrogens with one attached hydrogen (secondary N) is 1. The van der Waals surface area contributed by atoms with E-state index in [4.69, 9.17) is 4.74 Å². The number of hydrogen-bond donors (Lipinski definition) is 1. The van der Waals surface area contributed by atoms with Gasteiger partial charge in [-0.1, -0.05) is 37.6 Å². The van der Waals surface area contributed by atoms with E-state index in [9.17, 15) is 4.79 Å². The van der Waals surface area contributed by atoms with Crippen molar-refractivity contribution in [1.82, 2.24) is 5.32 Å². The second-order valence-corrected chi connectivity index (χ2v) is 5.55. The molecule has 3 heteroatoms. The molecule has 0 fully saturated rings. The maximum Gasteiger partial charge on any atom is 0.223 e. The van der Waals surface area contributed by atoms with E-state index >= 15 is 0 Å². The summed E-state index contributed by atoms with van der Waals surface area (Å²) >= 11 is 0. The zero-order valence-corrected chi connectivity index (χ0v) is 12.8. The van der Waals surface area contributed by atoms with Crippen LogP contribution in [0.1, 0.15) is 44.6 Å².